The van der Waals surface area contributed by atoms with Gasteiger partial charge in [-0.1, -0.05) is 27.7 Å². The fourth-order valence-electron chi connectivity index (χ4n) is 2.42. The molecule has 0 fully saturated rings. The highest BCUT2D eigenvalue weighted by atomic mass is 16.5. The lowest BCUT2D eigenvalue weighted by Crippen LogP contribution is -2.33. The molecule has 20 heavy (non-hydrogen) atoms. The summed E-state index contributed by atoms with van der Waals surface area (Å²) in [6, 6.07) is 7.28. The topological polar surface area (TPSA) is 38.3 Å². The molecule has 0 aliphatic carbocycles. The molecule has 1 N–H and O–H groups in total. The Morgan fingerprint density at radius 2 is 1.65 bits per heavy atom. The van der Waals surface area contributed by atoms with E-state index in [9.17, 15) is 4.79 Å². The molecular formula is C17H27NO2. The summed E-state index contributed by atoms with van der Waals surface area (Å²) in [5.41, 5.74) is 0.680. The molecule has 0 aliphatic rings. The quantitative estimate of drug-likeness (QED) is 0.824. The summed E-state index contributed by atoms with van der Waals surface area (Å²) in [5, 5.41) is 3.03. The molecule has 3 heteroatoms. The molecule has 0 radical (unpaired) electrons. The Balaban J connectivity index is 2.57. The van der Waals surface area contributed by atoms with E-state index in [0.717, 1.165) is 12.3 Å². The summed E-state index contributed by atoms with van der Waals surface area (Å²) in [6.07, 6.45) is 0. The second-order valence-corrected chi connectivity index (χ2v) is 5.82. The van der Waals surface area contributed by atoms with Crippen molar-refractivity contribution in [2.45, 2.75) is 34.6 Å². The van der Waals surface area contributed by atoms with Crippen LogP contribution in [0.25, 0.3) is 0 Å². The number of hydrogen-bond donors (Lipinski definition) is 1. The third-order valence-electron chi connectivity index (χ3n) is 3.64. The Morgan fingerprint density at radius 1 is 1.10 bits per heavy atom. The highest BCUT2D eigenvalue weighted by Crippen LogP contribution is 2.19. The van der Waals surface area contributed by atoms with E-state index in [1.54, 1.807) is 12.1 Å². The van der Waals surface area contributed by atoms with E-state index < -0.39 is 0 Å². The van der Waals surface area contributed by atoms with Crippen molar-refractivity contribution in [3.8, 4) is 5.75 Å². The van der Waals surface area contributed by atoms with E-state index in [0.29, 0.717) is 29.9 Å². The van der Waals surface area contributed by atoms with E-state index in [-0.39, 0.29) is 5.91 Å². The third kappa shape index (κ3) is 4.87. The Bertz CT molecular complexity index is 402. The Labute approximate surface area is 122 Å². The van der Waals surface area contributed by atoms with Crippen LogP contribution in [0, 0.1) is 17.8 Å². The minimum absolute atomic E-state index is 0.0145. The molecule has 0 bridgehead atoms. The summed E-state index contributed by atoms with van der Waals surface area (Å²) >= 11 is 0. The van der Waals surface area contributed by atoms with Crippen molar-refractivity contribution in [3.05, 3.63) is 29.8 Å². The Hall–Kier alpha value is -1.51. The summed E-state index contributed by atoms with van der Waals surface area (Å²) in [5.74, 6) is 2.42. The van der Waals surface area contributed by atoms with Gasteiger partial charge in [0.25, 0.3) is 5.91 Å². The molecule has 3 nitrogen and oxygen atoms in total. The first-order chi connectivity index (χ1) is 9.45. The minimum atomic E-state index is -0.0145. The van der Waals surface area contributed by atoms with Crippen LogP contribution in [-0.2, 0) is 0 Å². The molecule has 1 aromatic carbocycles. The van der Waals surface area contributed by atoms with Gasteiger partial charge < -0.3 is 10.1 Å². The maximum Gasteiger partial charge on any atom is 0.251 e. The zero-order valence-electron chi connectivity index (χ0n) is 13.3. The van der Waals surface area contributed by atoms with Gasteiger partial charge in [0.2, 0.25) is 0 Å². The lowest BCUT2D eigenvalue weighted by molar-refractivity contribution is 0.0937. The van der Waals surface area contributed by atoms with E-state index >= 15 is 0 Å². The zero-order chi connectivity index (χ0) is 15.1. The van der Waals surface area contributed by atoms with Gasteiger partial charge >= 0.3 is 0 Å². The fraction of sp³-hybridized carbons (Fsp3) is 0.588. The average Bonchev–Trinajstić information content (AvgIpc) is 2.39. The first-order valence-corrected chi connectivity index (χ1v) is 7.46. The predicted molar refractivity (Wildman–Crippen MR) is 83.1 cm³/mol. The summed E-state index contributed by atoms with van der Waals surface area (Å²) in [7, 11) is 0. The normalized spacial score (nSPS) is 11.2. The molecule has 0 spiro atoms. The maximum atomic E-state index is 12.1. The zero-order valence-corrected chi connectivity index (χ0v) is 13.3. The van der Waals surface area contributed by atoms with Gasteiger partial charge in [-0.3, -0.25) is 4.79 Å². The fourth-order valence-corrected chi connectivity index (χ4v) is 2.42. The Morgan fingerprint density at radius 3 is 2.10 bits per heavy atom. The number of ether oxygens (including phenoxy) is 1. The summed E-state index contributed by atoms with van der Waals surface area (Å²) < 4.78 is 5.37. The van der Waals surface area contributed by atoms with Crippen LogP contribution in [0.15, 0.2) is 24.3 Å². The lowest BCUT2D eigenvalue weighted by Gasteiger charge is -2.25. The number of hydrogen-bond acceptors (Lipinski definition) is 2. The first-order valence-electron chi connectivity index (χ1n) is 7.46. The number of benzene rings is 1. The van der Waals surface area contributed by atoms with E-state index in [1.165, 1.54) is 0 Å². The molecule has 0 aromatic heterocycles. The average molecular weight is 277 g/mol. The van der Waals surface area contributed by atoms with Crippen molar-refractivity contribution in [3.63, 3.8) is 0 Å². The molecule has 0 unspecified atom stereocenters. The molecule has 1 aromatic rings. The molecule has 0 atom stereocenters. The van der Waals surface area contributed by atoms with Gasteiger partial charge in [0.05, 0.1) is 6.61 Å². The van der Waals surface area contributed by atoms with Gasteiger partial charge in [0, 0.05) is 12.1 Å². The number of rotatable bonds is 7. The molecule has 1 rings (SSSR count). The van der Waals surface area contributed by atoms with Crippen LogP contribution in [0.4, 0.5) is 0 Å². The van der Waals surface area contributed by atoms with Crippen LogP contribution in [0.1, 0.15) is 45.0 Å². The third-order valence-corrected chi connectivity index (χ3v) is 3.64. The Kier molecular flexibility index (Phi) is 6.56. The van der Waals surface area contributed by atoms with Crippen LogP contribution in [0.5, 0.6) is 5.75 Å². The van der Waals surface area contributed by atoms with Gasteiger partial charge in [-0.25, -0.2) is 0 Å². The minimum Gasteiger partial charge on any atom is -0.494 e. The van der Waals surface area contributed by atoms with Crippen molar-refractivity contribution in [1.29, 1.82) is 0 Å². The largest absolute Gasteiger partial charge is 0.494 e. The molecular weight excluding hydrogens is 250 g/mol. The number of carbonyl (C=O) groups excluding carboxylic acids is 1. The van der Waals surface area contributed by atoms with Gasteiger partial charge in [0.1, 0.15) is 5.75 Å². The van der Waals surface area contributed by atoms with Gasteiger partial charge in [-0.05, 0) is 48.9 Å². The molecule has 112 valence electrons. The standard InChI is InChI=1S/C17H27NO2/c1-6-20-15-9-7-14(8-10-15)17(19)18-11-16(12(2)3)13(4)5/h7-10,12-13,16H,6,11H2,1-5H3,(H,18,19). The van der Waals surface area contributed by atoms with Crippen molar-refractivity contribution in [1.82, 2.24) is 5.32 Å². The number of nitrogens with one attached hydrogen (secondary N) is 1. The van der Waals surface area contributed by atoms with Crippen molar-refractivity contribution >= 4 is 5.91 Å². The van der Waals surface area contributed by atoms with E-state index in [4.69, 9.17) is 4.74 Å². The van der Waals surface area contributed by atoms with E-state index in [2.05, 4.69) is 33.0 Å². The van der Waals surface area contributed by atoms with Crippen molar-refractivity contribution in [2.75, 3.05) is 13.2 Å². The molecule has 1 amide bonds. The van der Waals surface area contributed by atoms with Crippen LogP contribution in [0.2, 0.25) is 0 Å². The van der Waals surface area contributed by atoms with Crippen LogP contribution >= 0.6 is 0 Å². The van der Waals surface area contributed by atoms with Crippen molar-refractivity contribution in [2.24, 2.45) is 17.8 Å². The smallest absolute Gasteiger partial charge is 0.251 e. The van der Waals surface area contributed by atoms with Gasteiger partial charge in [-0.2, -0.15) is 0 Å². The molecule has 0 aliphatic heterocycles. The lowest BCUT2D eigenvalue weighted by atomic mass is 9.85. The molecule has 0 saturated carbocycles. The van der Waals surface area contributed by atoms with Crippen LogP contribution < -0.4 is 10.1 Å². The van der Waals surface area contributed by atoms with Gasteiger partial charge in [0.15, 0.2) is 0 Å². The highest BCUT2D eigenvalue weighted by Gasteiger charge is 2.18. The summed E-state index contributed by atoms with van der Waals surface area (Å²) in [4.78, 5) is 12.1. The van der Waals surface area contributed by atoms with Crippen LogP contribution in [0.3, 0.4) is 0 Å². The SMILES string of the molecule is CCOc1ccc(C(=O)NCC(C(C)C)C(C)C)cc1. The highest BCUT2D eigenvalue weighted by molar-refractivity contribution is 5.94. The second kappa shape index (κ2) is 7.93. The summed E-state index contributed by atoms with van der Waals surface area (Å²) in [6.45, 7) is 12.1. The number of carbonyl (C=O) groups is 1. The molecule has 0 saturated heterocycles. The van der Waals surface area contributed by atoms with E-state index in [1.807, 2.05) is 19.1 Å². The monoisotopic (exact) mass is 277 g/mol. The molecule has 0 heterocycles. The van der Waals surface area contributed by atoms with Gasteiger partial charge in [-0.15, -0.1) is 0 Å². The maximum absolute atomic E-state index is 12.1. The first kappa shape index (κ1) is 16.5. The number of amides is 1. The van der Waals surface area contributed by atoms with Crippen molar-refractivity contribution < 1.29 is 9.53 Å². The van der Waals surface area contributed by atoms with Crippen LogP contribution in [-0.4, -0.2) is 19.1 Å². The predicted octanol–water partition coefficient (Wildman–Crippen LogP) is 3.74. The second-order valence-electron chi connectivity index (χ2n) is 5.82.